The van der Waals surface area contributed by atoms with Crippen LogP contribution in [0.2, 0.25) is 0 Å². The molecule has 5 nitrogen and oxygen atoms in total. The Labute approximate surface area is 148 Å². The highest BCUT2D eigenvalue weighted by molar-refractivity contribution is 5.95. The summed E-state index contributed by atoms with van der Waals surface area (Å²) < 4.78 is 51.7. The summed E-state index contributed by atoms with van der Waals surface area (Å²) in [5.74, 6) is 0.0911. The first-order chi connectivity index (χ1) is 12.2. The number of hydrogen-bond donors (Lipinski definition) is 1. The molecule has 2 rings (SSSR count). The van der Waals surface area contributed by atoms with Crippen LogP contribution in [0.1, 0.15) is 21.5 Å². The molecule has 2 aromatic rings. The molecular weight excluding hydrogens is 351 g/mol. The maximum Gasteiger partial charge on any atom is 0.573 e. The molecule has 0 unspecified atom stereocenters. The number of para-hydroxylation sites is 1. The van der Waals surface area contributed by atoms with E-state index in [4.69, 9.17) is 9.47 Å². The van der Waals surface area contributed by atoms with E-state index in [-0.39, 0.29) is 23.4 Å². The lowest BCUT2D eigenvalue weighted by atomic mass is 10.1. The fourth-order valence-corrected chi connectivity index (χ4v) is 2.37. The lowest BCUT2D eigenvalue weighted by molar-refractivity contribution is -0.274. The van der Waals surface area contributed by atoms with Crippen LogP contribution in [-0.4, -0.2) is 26.5 Å². The molecule has 0 atom stereocenters. The second kappa shape index (κ2) is 7.99. The molecule has 1 N–H and O–H groups in total. The van der Waals surface area contributed by atoms with Gasteiger partial charge >= 0.3 is 6.36 Å². The fourth-order valence-electron chi connectivity index (χ4n) is 2.37. The van der Waals surface area contributed by atoms with E-state index in [0.717, 1.165) is 5.56 Å². The molecule has 0 aromatic heterocycles. The van der Waals surface area contributed by atoms with Crippen molar-refractivity contribution >= 4 is 5.91 Å². The van der Waals surface area contributed by atoms with Crippen LogP contribution in [0.3, 0.4) is 0 Å². The number of carbonyl (C=O) groups is 1. The summed E-state index contributed by atoms with van der Waals surface area (Å²) in [6.07, 6.45) is -4.81. The molecule has 1 amide bonds. The van der Waals surface area contributed by atoms with Crippen molar-refractivity contribution < 1.29 is 32.2 Å². The number of hydrogen-bond acceptors (Lipinski definition) is 4. The van der Waals surface area contributed by atoms with Gasteiger partial charge in [0.05, 0.1) is 14.2 Å². The predicted molar refractivity (Wildman–Crippen MR) is 88.6 cm³/mol. The molecule has 0 bridgehead atoms. The van der Waals surface area contributed by atoms with Gasteiger partial charge in [0.2, 0.25) is 0 Å². The van der Waals surface area contributed by atoms with E-state index in [2.05, 4.69) is 10.1 Å². The van der Waals surface area contributed by atoms with Crippen LogP contribution in [0.5, 0.6) is 17.2 Å². The summed E-state index contributed by atoms with van der Waals surface area (Å²) in [6.45, 7) is 1.65. The first kappa shape index (κ1) is 19.4. The molecule has 0 aliphatic heterocycles. The van der Waals surface area contributed by atoms with Gasteiger partial charge in [-0.05, 0) is 25.1 Å². The molecule has 0 saturated carbocycles. The van der Waals surface area contributed by atoms with E-state index in [1.54, 1.807) is 13.0 Å². The molecule has 8 heteroatoms. The summed E-state index contributed by atoms with van der Waals surface area (Å²) in [6, 6.07) is 8.67. The van der Waals surface area contributed by atoms with Gasteiger partial charge in [0.1, 0.15) is 17.2 Å². The molecule has 0 fully saturated rings. The van der Waals surface area contributed by atoms with E-state index in [9.17, 15) is 18.0 Å². The monoisotopic (exact) mass is 369 g/mol. The van der Waals surface area contributed by atoms with E-state index in [1.807, 2.05) is 0 Å². The molecular formula is C18H18F3NO4. The van der Waals surface area contributed by atoms with Gasteiger partial charge in [0.25, 0.3) is 5.91 Å². The fraction of sp³-hybridized carbons (Fsp3) is 0.278. The van der Waals surface area contributed by atoms with Crippen molar-refractivity contribution in [3.8, 4) is 17.2 Å². The number of methoxy groups -OCH3 is 2. The van der Waals surface area contributed by atoms with Crippen molar-refractivity contribution in [2.45, 2.75) is 19.8 Å². The Bertz CT molecular complexity index is 765. The van der Waals surface area contributed by atoms with E-state index in [0.29, 0.717) is 11.5 Å². The quantitative estimate of drug-likeness (QED) is 0.841. The zero-order chi connectivity index (χ0) is 19.3. The minimum Gasteiger partial charge on any atom is -0.496 e. The number of ether oxygens (including phenoxy) is 3. The Morgan fingerprint density at radius 2 is 1.62 bits per heavy atom. The zero-order valence-corrected chi connectivity index (χ0v) is 14.4. The molecule has 140 valence electrons. The third-order valence-electron chi connectivity index (χ3n) is 3.65. The number of rotatable bonds is 6. The summed E-state index contributed by atoms with van der Waals surface area (Å²) >= 11 is 0. The molecule has 0 aliphatic carbocycles. The topological polar surface area (TPSA) is 56.8 Å². The zero-order valence-electron chi connectivity index (χ0n) is 14.4. The van der Waals surface area contributed by atoms with Crippen LogP contribution in [0.25, 0.3) is 0 Å². The number of benzene rings is 2. The SMILES string of the molecule is COc1cc(C(=O)NCc2ccccc2OC(F)(F)F)cc(OC)c1C. The Morgan fingerprint density at radius 1 is 1.04 bits per heavy atom. The summed E-state index contributed by atoms with van der Waals surface area (Å²) in [4.78, 5) is 12.4. The lowest BCUT2D eigenvalue weighted by Gasteiger charge is -2.15. The van der Waals surface area contributed by atoms with Gasteiger partial charge < -0.3 is 19.5 Å². The standard InChI is InChI=1S/C18H18F3NO4/c1-11-15(24-2)8-13(9-16(11)25-3)17(23)22-10-12-6-4-5-7-14(12)26-18(19,20)21/h4-9H,10H2,1-3H3,(H,22,23). The molecule has 0 saturated heterocycles. The van der Waals surface area contributed by atoms with Crippen molar-refractivity contribution in [3.05, 3.63) is 53.1 Å². The first-order valence-corrected chi connectivity index (χ1v) is 7.59. The van der Waals surface area contributed by atoms with Gasteiger partial charge in [0, 0.05) is 23.2 Å². The molecule has 2 aromatic carbocycles. The van der Waals surface area contributed by atoms with Crippen molar-refractivity contribution in [3.63, 3.8) is 0 Å². The minimum absolute atomic E-state index is 0.135. The first-order valence-electron chi connectivity index (χ1n) is 7.59. The highest BCUT2D eigenvalue weighted by Crippen LogP contribution is 2.30. The second-order valence-electron chi connectivity index (χ2n) is 5.34. The maximum absolute atomic E-state index is 12.5. The van der Waals surface area contributed by atoms with Crippen molar-refractivity contribution in [1.82, 2.24) is 5.32 Å². The van der Waals surface area contributed by atoms with Crippen LogP contribution in [0, 0.1) is 6.92 Å². The van der Waals surface area contributed by atoms with Crippen molar-refractivity contribution in [1.29, 1.82) is 0 Å². The number of alkyl halides is 3. The van der Waals surface area contributed by atoms with Gasteiger partial charge in [-0.25, -0.2) is 0 Å². The highest BCUT2D eigenvalue weighted by Gasteiger charge is 2.32. The van der Waals surface area contributed by atoms with Crippen LogP contribution in [-0.2, 0) is 6.54 Å². The Morgan fingerprint density at radius 3 is 2.15 bits per heavy atom. The van der Waals surface area contributed by atoms with Gasteiger partial charge in [0.15, 0.2) is 0 Å². The second-order valence-corrected chi connectivity index (χ2v) is 5.34. The normalized spacial score (nSPS) is 11.0. The summed E-state index contributed by atoms with van der Waals surface area (Å²) in [7, 11) is 2.93. The van der Waals surface area contributed by atoms with Gasteiger partial charge in [-0.1, -0.05) is 18.2 Å². The number of carbonyl (C=O) groups excluding carboxylic acids is 1. The Kier molecular flexibility index (Phi) is 5.97. The van der Waals surface area contributed by atoms with Gasteiger partial charge in [-0.15, -0.1) is 13.2 Å². The molecule has 0 spiro atoms. The van der Waals surface area contributed by atoms with E-state index in [1.165, 1.54) is 44.6 Å². The lowest BCUT2D eigenvalue weighted by Crippen LogP contribution is -2.24. The summed E-state index contributed by atoms with van der Waals surface area (Å²) in [5.41, 5.74) is 1.19. The minimum atomic E-state index is -4.81. The summed E-state index contributed by atoms with van der Waals surface area (Å²) in [5, 5.41) is 2.57. The third kappa shape index (κ3) is 4.81. The third-order valence-corrected chi connectivity index (χ3v) is 3.65. The van der Waals surface area contributed by atoms with E-state index >= 15 is 0 Å². The molecule has 0 heterocycles. The van der Waals surface area contributed by atoms with E-state index < -0.39 is 12.3 Å². The van der Waals surface area contributed by atoms with Gasteiger partial charge in [-0.2, -0.15) is 0 Å². The predicted octanol–water partition coefficient (Wildman–Crippen LogP) is 3.84. The number of nitrogens with one attached hydrogen (secondary N) is 1. The average Bonchev–Trinajstić information content (AvgIpc) is 2.59. The Hall–Kier alpha value is -2.90. The molecule has 0 aliphatic rings. The van der Waals surface area contributed by atoms with Crippen molar-refractivity contribution in [2.75, 3.05) is 14.2 Å². The smallest absolute Gasteiger partial charge is 0.496 e. The van der Waals surface area contributed by atoms with Crippen molar-refractivity contribution in [2.24, 2.45) is 0 Å². The van der Waals surface area contributed by atoms with Crippen LogP contribution < -0.4 is 19.5 Å². The number of amides is 1. The van der Waals surface area contributed by atoms with Crippen LogP contribution in [0.15, 0.2) is 36.4 Å². The van der Waals surface area contributed by atoms with Gasteiger partial charge in [-0.3, -0.25) is 4.79 Å². The Balaban J connectivity index is 2.17. The molecule has 26 heavy (non-hydrogen) atoms. The maximum atomic E-state index is 12.5. The average molecular weight is 369 g/mol. The number of halogens is 3. The molecule has 0 radical (unpaired) electrons. The van der Waals surface area contributed by atoms with Crippen LogP contribution in [0.4, 0.5) is 13.2 Å². The van der Waals surface area contributed by atoms with Crippen LogP contribution >= 0.6 is 0 Å². The largest absolute Gasteiger partial charge is 0.573 e. The highest BCUT2D eigenvalue weighted by atomic mass is 19.4.